The molecule has 4 nitrogen and oxygen atoms in total. The van der Waals surface area contributed by atoms with E-state index in [4.69, 9.17) is 9.47 Å². The van der Waals surface area contributed by atoms with Gasteiger partial charge < -0.3 is 9.47 Å². The summed E-state index contributed by atoms with van der Waals surface area (Å²) in [5.41, 5.74) is 2.41. The Kier molecular flexibility index (Phi) is 3.88. The van der Waals surface area contributed by atoms with Gasteiger partial charge in [0.15, 0.2) is 11.5 Å². The maximum absolute atomic E-state index is 13.7. The second-order valence-corrected chi connectivity index (χ2v) is 8.63. The van der Waals surface area contributed by atoms with Crippen LogP contribution in [-0.4, -0.2) is 48.3 Å². The average molecular weight is 380 g/mol. The van der Waals surface area contributed by atoms with Crippen LogP contribution in [0.25, 0.3) is 0 Å². The Hall–Kier alpha value is -2.11. The van der Waals surface area contributed by atoms with Crippen molar-refractivity contribution in [1.82, 2.24) is 9.80 Å². The van der Waals surface area contributed by atoms with Crippen LogP contribution in [0.3, 0.4) is 0 Å². The fraction of sp³-hybridized carbons (Fsp3) is 0.478. The minimum absolute atomic E-state index is 0.144. The van der Waals surface area contributed by atoms with Crippen LogP contribution in [0, 0.1) is 11.7 Å². The van der Waals surface area contributed by atoms with Crippen LogP contribution >= 0.6 is 0 Å². The third-order valence-corrected chi connectivity index (χ3v) is 7.19. The topological polar surface area (TPSA) is 24.9 Å². The highest BCUT2D eigenvalue weighted by atomic mass is 19.1. The van der Waals surface area contributed by atoms with E-state index in [0.717, 1.165) is 36.1 Å². The molecule has 2 aromatic carbocycles. The van der Waals surface area contributed by atoms with Crippen molar-refractivity contribution in [2.24, 2.45) is 5.92 Å². The van der Waals surface area contributed by atoms with Gasteiger partial charge in [-0.15, -0.1) is 0 Å². The number of fused-ring (bicyclic) bond motifs is 3. The van der Waals surface area contributed by atoms with Crippen molar-refractivity contribution in [3.8, 4) is 11.5 Å². The number of rotatable bonds is 3. The van der Waals surface area contributed by atoms with E-state index in [1.165, 1.54) is 37.6 Å². The summed E-state index contributed by atoms with van der Waals surface area (Å²) >= 11 is 0. The molecule has 0 N–H and O–H groups in total. The molecular formula is C23H25FN2O2. The predicted octanol–water partition coefficient (Wildman–Crippen LogP) is 3.62. The molecule has 0 aromatic heterocycles. The van der Waals surface area contributed by atoms with E-state index >= 15 is 0 Å². The number of ether oxygens (including phenoxy) is 2. The van der Waals surface area contributed by atoms with Crippen LogP contribution in [0.4, 0.5) is 4.39 Å². The van der Waals surface area contributed by atoms with Crippen molar-refractivity contribution >= 4 is 0 Å². The van der Waals surface area contributed by atoms with Crippen LogP contribution < -0.4 is 9.47 Å². The van der Waals surface area contributed by atoms with E-state index in [2.05, 4.69) is 28.0 Å². The lowest BCUT2D eigenvalue weighted by Gasteiger charge is -2.51. The monoisotopic (exact) mass is 380 g/mol. The highest BCUT2D eigenvalue weighted by Crippen LogP contribution is 2.48. The van der Waals surface area contributed by atoms with Gasteiger partial charge in [0.25, 0.3) is 0 Å². The summed E-state index contributed by atoms with van der Waals surface area (Å²) in [6.07, 6.45) is 2.57. The summed E-state index contributed by atoms with van der Waals surface area (Å²) in [4.78, 5) is 5.32. The Labute approximate surface area is 164 Å². The lowest BCUT2D eigenvalue weighted by molar-refractivity contribution is -0.00871. The molecule has 5 heteroatoms. The minimum Gasteiger partial charge on any atom is -0.454 e. The van der Waals surface area contributed by atoms with E-state index in [1.807, 2.05) is 12.1 Å². The van der Waals surface area contributed by atoms with Crippen molar-refractivity contribution in [3.05, 3.63) is 59.4 Å². The summed E-state index contributed by atoms with van der Waals surface area (Å²) in [5, 5.41) is 0. The van der Waals surface area contributed by atoms with Gasteiger partial charge >= 0.3 is 0 Å². The van der Waals surface area contributed by atoms with Crippen molar-refractivity contribution in [2.75, 3.05) is 26.4 Å². The molecule has 146 valence electrons. The van der Waals surface area contributed by atoms with Crippen LogP contribution in [0.1, 0.15) is 29.9 Å². The molecule has 0 aliphatic carbocycles. The van der Waals surface area contributed by atoms with Crippen LogP contribution in [0.5, 0.6) is 11.5 Å². The third kappa shape index (κ3) is 2.64. The molecule has 0 radical (unpaired) electrons. The Morgan fingerprint density at radius 1 is 0.964 bits per heavy atom. The molecule has 0 amide bonds. The van der Waals surface area contributed by atoms with Gasteiger partial charge in [-0.05, 0) is 67.2 Å². The number of nitrogens with zero attached hydrogens (tertiary/aromatic N) is 2. The molecule has 0 unspecified atom stereocenters. The molecule has 4 saturated heterocycles. The summed E-state index contributed by atoms with van der Waals surface area (Å²) < 4.78 is 24.9. The molecule has 28 heavy (non-hydrogen) atoms. The molecule has 2 aromatic rings. The van der Waals surface area contributed by atoms with E-state index in [0.29, 0.717) is 24.8 Å². The lowest BCUT2D eigenvalue weighted by atomic mass is 9.75. The molecule has 4 fully saturated rings. The molecule has 3 atom stereocenters. The van der Waals surface area contributed by atoms with Crippen molar-refractivity contribution in [1.29, 1.82) is 0 Å². The van der Waals surface area contributed by atoms with Gasteiger partial charge in [0.05, 0.1) is 0 Å². The molecule has 0 spiro atoms. The molecule has 5 heterocycles. The summed E-state index contributed by atoms with van der Waals surface area (Å²) in [7, 11) is 0. The largest absolute Gasteiger partial charge is 0.454 e. The smallest absolute Gasteiger partial charge is 0.231 e. The van der Waals surface area contributed by atoms with Gasteiger partial charge in [0.2, 0.25) is 6.79 Å². The normalized spacial score (nSPS) is 33.2. The molecule has 0 saturated carbocycles. The SMILES string of the molecule is Fc1cccc(CN2C[C@H](c3ccc4c(c3)OCO4)[C@H]3[C@@H]2C2CCN3CC2)c1. The van der Waals surface area contributed by atoms with E-state index in [1.54, 1.807) is 6.07 Å². The van der Waals surface area contributed by atoms with Crippen LogP contribution in [-0.2, 0) is 6.54 Å². The third-order valence-electron chi connectivity index (χ3n) is 7.19. The highest BCUT2D eigenvalue weighted by Gasteiger charge is 2.53. The number of likely N-dealkylation sites (tertiary alicyclic amines) is 1. The Morgan fingerprint density at radius 2 is 1.82 bits per heavy atom. The Bertz CT molecular complexity index is 896. The second-order valence-electron chi connectivity index (χ2n) is 8.63. The fourth-order valence-corrected chi connectivity index (χ4v) is 6.03. The van der Waals surface area contributed by atoms with Gasteiger partial charge in [-0.1, -0.05) is 18.2 Å². The summed E-state index contributed by atoms with van der Waals surface area (Å²) in [6, 6.07) is 14.6. The maximum Gasteiger partial charge on any atom is 0.231 e. The first-order valence-electron chi connectivity index (χ1n) is 10.4. The van der Waals surface area contributed by atoms with Crippen molar-refractivity contribution in [3.63, 3.8) is 0 Å². The second kappa shape index (κ2) is 6.46. The first kappa shape index (κ1) is 16.8. The van der Waals surface area contributed by atoms with Crippen LogP contribution in [0.15, 0.2) is 42.5 Å². The van der Waals surface area contributed by atoms with Gasteiger partial charge in [-0.2, -0.15) is 0 Å². The number of piperidine rings is 3. The zero-order valence-corrected chi connectivity index (χ0v) is 15.9. The first-order chi connectivity index (χ1) is 13.8. The zero-order valence-electron chi connectivity index (χ0n) is 15.9. The van der Waals surface area contributed by atoms with Crippen molar-refractivity contribution < 1.29 is 13.9 Å². The molecular weight excluding hydrogens is 355 g/mol. The van der Waals surface area contributed by atoms with E-state index in [-0.39, 0.29) is 5.82 Å². The van der Waals surface area contributed by atoms with Crippen molar-refractivity contribution in [2.45, 2.75) is 37.4 Å². The van der Waals surface area contributed by atoms with E-state index < -0.39 is 0 Å². The zero-order chi connectivity index (χ0) is 18.7. The number of benzene rings is 2. The van der Waals surface area contributed by atoms with Crippen LogP contribution in [0.2, 0.25) is 0 Å². The van der Waals surface area contributed by atoms with Gasteiger partial charge in [-0.25, -0.2) is 4.39 Å². The van der Waals surface area contributed by atoms with Gasteiger partial charge in [0.1, 0.15) is 5.82 Å². The predicted molar refractivity (Wildman–Crippen MR) is 104 cm³/mol. The fourth-order valence-electron chi connectivity index (χ4n) is 6.03. The molecule has 5 aliphatic rings. The Balaban J connectivity index is 1.34. The standard InChI is InChI=1S/C23H25FN2O2/c24-18-3-1-2-15(10-18)12-26-13-19(17-4-5-20-21(11-17)28-14-27-20)23-22(26)16-6-8-25(23)9-7-16/h1-5,10-11,16,19,22-23H,6-9,12-14H2/t19-,22+,23+/m1/s1. The number of halogens is 1. The molecule has 2 bridgehead atoms. The Morgan fingerprint density at radius 3 is 2.68 bits per heavy atom. The van der Waals surface area contributed by atoms with Gasteiger partial charge in [0, 0.05) is 31.1 Å². The highest BCUT2D eigenvalue weighted by molar-refractivity contribution is 5.46. The lowest BCUT2D eigenvalue weighted by Crippen LogP contribution is -2.59. The van der Waals surface area contributed by atoms with E-state index in [9.17, 15) is 4.39 Å². The van der Waals surface area contributed by atoms with Gasteiger partial charge in [-0.3, -0.25) is 9.80 Å². The molecule has 7 rings (SSSR count). The quantitative estimate of drug-likeness (QED) is 0.812. The first-order valence-corrected chi connectivity index (χ1v) is 10.4. The summed E-state index contributed by atoms with van der Waals surface area (Å²) in [6.45, 7) is 4.57. The minimum atomic E-state index is -0.144. The number of hydrogen-bond donors (Lipinski definition) is 0. The average Bonchev–Trinajstić information content (AvgIpc) is 3.34. The summed E-state index contributed by atoms with van der Waals surface area (Å²) in [5.74, 6) is 2.78. The maximum atomic E-state index is 13.7. The molecule has 5 aliphatic heterocycles. The number of hydrogen-bond acceptors (Lipinski definition) is 4.